The summed E-state index contributed by atoms with van der Waals surface area (Å²) in [6.45, 7) is 0. The summed E-state index contributed by atoms with van der Waals surface area (Å²) < 4.78 is 4.62. The Balaban J connectivity index is 1.89. The molecule has 0 saturated carbocycles. The fourth-order valence-corrected chi connectivity index (χ4v) is 2.56. The topological polar surface area (TPSA) is 52.3 Å². The zero-order chi connectivity index (χ0) is 13.0. The molecule has 0 fully saturated rings. The third-order valence-electron chi connectivity index (χ3n) is 3.67. The molecule has 18 heavy (non-hydrogen) atoms. The molecule has 1 atom stereocenters. The quantitative estimate of drug-likeness (QED) is 0.813. The van der Waals surface area contributed by atoms with Crippen LogP contribution >= 0.6 is 0 Å². The van der Waals surface area contributed by atoms with E-state index in [4.69, 9.17) is 5.73 Å². The maximum Gasteiger partial charge on any atom is 0.305 e. The van der Waals surface area contributed by atoms with E-state index in [0.717, 1.165) is 12.8 Å². The molecule has 1 aromatic carbocycles. The highest BCUT2D eigenvalue weighted by Crippen LogP contribution is 2.26. The van der Waals surface area contributed by atoms with Crippen LogP contribution in [0.5, 0.6) is 0 Å². The lowest BCUT2D eigenvalue weighted by Gasteiger charge is -2.13. The summed E-state index contributed by atoms with van der Waals surface area (Å²) in [5.74, 6) is -0.156. The number of carbonyl (C=O) groups is 1. The van der Waals surface area contributed by atoms with Crippen LogP contribution in [-0.4, -0.2) is 13.1 Å². The summed E-state index contributed by atoms with van der Waals surface area (Å²) in [5.41, 5.74) is 10.3. The normalized spacial score (nSPS) is 15.2. The Kier molecular flexibility index (Phi) is 4.37. The minimum atomic E-state index is -0.156. The summed E-state index contributed by atoms with van der Waals surface area (Å²) in [6.07, 6.45) is 5.70. The Bertz CT molecular complexity index is 429. The summed E-state index contributed by atoms with van der Waals surface area (Å²) in [5, 5.41) is 0. The molecule has 0 amide bonds. The molecule has 0 bridgehead atoms. The van der Waals surface area contributed by atoms with E-state index in [-0.39, 0.29) is 12.0 Å². The van der Waals surface area contributed by atoms with Crippen molar-refractivity contribution in [3.63, 3.8) is 0 Å². The van der Waals surface area contributed by atoms with Crippen LogP contribution in [0.2, 0.25) is 0 Å². The molecule has 98 valence electrons. The van der Waals surface area contributed by atoms with Crippen molar-refractivity contribution in [1.82, 2.24) is 0 Å². The first-order valence-corrected chi connectivity index (χ1v) is 6.65. The van der Waals surface area contributed by atoms with Crippen LogP contribution in [0, 0.1) is 0 Å². The number of carbonyl (C=O) groups excluding carboxylic acids is 1. The number of ether oxygens (including phenoxy) is 1. The van der Waals surface area contributed by atoms with Crippen LogP contribution in [0.25, 0.3) is 0 Å². The van der Waals surface area contributed by atoms with Crippen LogP contribution < -0.4 is 5.73 Å². The first kappa shape index (κ1) is 13.1. The Labute approximate surface area is 108 Å². The molecule has 3 heteroatoms. The average Bonchev–Trinajstić information content (AvgIpc) is 2.85. The van der Waals surface area contributed by atoms with Gasteiger partial charge in [-0.3, -0.25) is 4.79 Å². The minimum absolute atomic E-state index is 0.0283. The lowest BCUT2D eigenvalue weighted by atomic mass is 9.98. The van der Waals surface area contributed by atoms with Gasteiger partial charge < -0.3 is 10.5 Å². The highest BCUT2D eigenvalue weighted by Gasteiger charge is 2.14. The van der Waals surface area contributed by atoms with E-state index in [9.17, 15) is 4.79 Å². The lowest BCUT2D eigenvalue weighted by Crippen LogP contribution is -2.11. The number of rotatable bonds is 5. The Morgan fingerprint density at radius 3 is 2.94 bits per heavy atom. The molecule has 1 aliphatic rings. The van der Waals surface area contributed by atoms with Crippen molar-refractivity contribution >= 4 is 5.97 Å². The van der Waals surface area contributed by atoms with Crippen LogP contribution in [0.3, 0.4) is 0 Å². The van der Waals surface area contributed by atoms with Gasteiger partial charge in [0.15, 0.2) is 0 Å². The van der Waals surface area contributed by atoms with Crippen molar-refractivity contribution in [2.24, 2.45) is 5.73 Å². The molecule has 0 spiro atoms. The first-order chi connectivity index (χ1) is 8.70. The second-order valence-corrected chi connectivity index (χ2v) is 4.96. The molecular formula is C15H21NO2. The van der Waals surface area contributed by atoms with Gasteiger partial charge in [0.1, 0.15) is 0 Å². The largest absolute Gasteiger partial charge is 0.469 e. The van der Waals surface area contributed by atoms with E-state index in [1.807, 2.05) is 0 Å². The Morgan fingerprint density at radius 1 is 1.39 bits per heavy atom. The van der Waals surface area contributed by atoms with Gasteiger partial charge in [0.2, 0.25) is 0 Å². The molecular weight excluding hydrogens is 226 g/mol. The maximum absolute atomic E-state index is 11.0. The number of fused-ring (bicyclic) bond motifs is 1. The zero-order valence-electron chi connectivity index (χ0n) is 10.9. The van der Waals surface area contributed by atoms with Crippen LogP contribution in [0.15, 0.2) is 18.2 Å². The monoisotopic (exact) mass is 247 g/mol. The van der Waals surface area contributed by atoms with Gasteiger partial charge >= 0.3 is 5.97 Å². The summed E-state index contributed by atoms with van der Waals surface area (Å²) in [7, 11) is 1.42. The number of nitrogens with two attached hydrogens (primary N) is 1. The Hall–Kier alpha value is -1.35. The fourth-order valence-electron chi connectivity index (χ4n) is 2.56. The van der Waals surface area contributed by atoms with Crippen molar-refractivity contribution in [2.75, 3.05) is 7.11 Å². The van der Waals surface area contributed by atoms with Crippen molar-refractivity contribution in [3.8, 4) is 0 Å². The highest BCUT2D eigenvalue weighted by molar-refractivity contribution is 5.69. The second kappa shape index (κ2) is 6.01. The van der Waals surface area contributed by atoms with E-state index < -0.39 is 0 Å². The molecule has 2 N–H and O–H groups in total. The molecule has 1 aliphatic carbocycles. The van der Waals surface area contributed by atoms with Gasteiger partial charge in [-0.2, -0.15) is 0 Å². The Morgan fingerprint density at radius 2 is 2.17 bits per heavy atom. The predicted molar refractivity (Wildman–Crippen MR) is 71.3 cm³/mol. The van der Waals surface area contributed by atoms with Crippen molar-refractivity contribution in [1.29, 1.82) is 0 Å². The van der Waals surface area contributed by atoms with Gasteiger partial charge in [0.25, 0.3) is 0 Å². The van der Waals surface area contributed by atoms with E-state index in [0.29, 0.717) is 6.42 Å². The molecule has 1 aromatic rings. The van der Waals surface area contributed by atoms with Crippen molar-refractivity contribution < 1.29 is 9.53 Å². The molecule has 0 heterocycles. The van der Waals surface area contributed by atoms with Gasteiger partial charge in [-0.05, 0) is 48.8 Å². The number of aryl methyl sites for hydroxylation is 2. The van der Waals surface area contributed by atoms with Gasteiger partial charge in [-0.15, -0.1) is 0 Å². The molecule has 0 saturated heterocycles. The number of benzene rings is 1. The van der Waals surface area contributed by atoms with E-state index in [1.165, 1.54) is 43.1 Å². The number of hydrogen-bond acceptors (Lipinski definition) is 3. The standard InChI is InChI=1S/C15H21NO2/c1-18-15(17)7-3-6-14(16)13-9-8-11-4-2-5-12(11)10-13/h8-10,14H,2-7,16H2,1H3. The van der Waals surface area contributed by atoms with Gasteiger partial charge in [-0.25, -0.2) is 0 Å². The zero-order valence-corrected chi connectivity index (χ0v) is 10.9. The molecule has 0 aromatic heterocycles. The predicted octanol–water partition coefficient (Wildman–Crippen LogP) is 2.52. The van der Waals surface area contributed by atoms with Crippen LogP contribution in [0.4, 0.5) is 0 Å². The van der Waals surface area contributed by atoms with Crippen LogP contribution in [0.1, 0.15) is 48.4 Å². The van der Waals surface area contributed by atoms with E-state index >= 15 is 0 Å². The molecule has 2 rings (SSSR count). The fraction of sp³-hybridized carbons (Fsp3) is 0.533. The number of esters is 1. The average molecular weight is 247 g/mol. The van der Waals surface area contributed by atoms with Crippen molar-refractivity contribution in [3.05, 3.63) is 34.9 Å². The number of hydrogen-bond donors (Lipinski definition) is 1. The summed E-state index contributed by atoms with van der Waals surface area (Å²) in [6, 6.07) is 6.61. The van der Waals surface area contributed by atoms with Gasteiger partial charge in [0, 0.05) is 12.5 Å². The first-order valence-electron chi connectivity index (χ1n) is 6.65. The van der Waals surface area contributed by atoms with Crippen LogP contribution in [-0.2, 0) is 22.4 Å². The van der Waals surface area contributed by atoms with Crippen molar-refractivity contribution in [2.45, 2.75) is 44.6 Å². The molecule has 1 unspecified atom stereocenters. The highest BCUT2D eigenvalue weighted by atomic mass is 16.5. The van der Waals surface area contributed by atoms with Gasteiger partial charge in [-0.1, -0.05) is 18.2 Å². The SMILES string of the molecule is COC(=O)CCCC(N)c1ccc2c(c1)CCC2. The lowest BCUT2D eigenvalue weighted by molar-refractivity contribution is -0.140. The third-order valence-corrected chi connectivity index (χ3v) is 3.67. The van der Waals surface area contributed by atoms with E-state index in [1.54, 1.807) is 0 Å². The van der Waals surface area contributed by atoms with E-state index in [2.05, 4.69) is 22.9 Å². The minimum Gasteiger partial charge on any atom is -0.469 e. The molecule has 0 radical (unpaired) electrons. The molecule has 0 aliphatic heterocycles. The second-order valence-electron chi connectivity index (χ2n) is 4.96. The van der Waals surface area contributed by atoms with Gasteiger partial charge in [0.05, 0.1) is 7.11 Å². The summed E-state index contributed by atoms with van der Waals surface area (Å²) >= 11 is 0. The smallest absolute Gasteiger partial charge is 0.305 e. The maximum atomic E-state index is 11.0. The third kappa shape index (κ3) is 3.10. The summed E-state index contributed by atoms with van der Waals surface area (Å²) in [4.78, 5) is 11.0. The number of methoxy groups -OCH3 is 1. The molecule has 3 nitrogen and oxygen atoms in total.